The number of hydrogen-bond acceptors (Lipinski definition) is 14. The van der Waals surface area contributed by atoms with Gasteiger partial charge >= 0.3 is 41.5 Å². The first-order valence-electron chi connectivity index (χ1n) is 12.2. The van der Waals surface area contributed by atoms with Gasteiger partial charge in [0.25, 0.3) is 11.5 Å². The van der Waals surface area contributed by atoms with Crippen molar-refractivity contribution in [2.75, 3.05) is 30.5 Å². The van der Waals surface area contributed by atoms with Gasteiger partial charge in [-0.3, -0.25) is 28.6 Å². The van der Waals surface area contributed by atoms with Crippen LogP contribution < -0.4 is 63.4 Å². The van der Waals surface area contributed by atoms with Crippen LogP contribution in [-0.2, 0) is 31.0 Å². The molecule has 1 saturated heterocycles. The van der Waals surface area contributed by atoms with E-state index in [9.17, 15) is 37.3 Å². The average molecular weight is 694 g/mol. The Morgan fingerprint density at radius 2 is 1.75 bits per heavy atom. The average Bonchev–Trinajstić information content (AvgIpc) is 3.65. The molecule has 0 radical (unpaired) electrons. The number of aromatic nitrogens is 1. The van der Waals surface area contributed by atoms with Gasteiger partial charge in [0.05, 0.1) is 20.3 Å². The second-order valence-corrected chi connectivity index (χ2v) is 13.4. The number of thioether (sulfide) groups is 1. The standard InChI is InChI=1S/C24H21N3O12S4.Na/c1-11(22-25(3-2-4-43(34,35)36)12-6-14-15(38-10-37-14)7-13(12)39-22)5-16-20(32)26(8-17(28)29)23(41-16)19-21(33)27(9-18(30)31)24(40)42-19;/h5-7H,2-4,8-10H2,1H3,(H,28,29)(H,30,31)(H,34,35,36);/q;+1/p-1/b16-5?,22-11?,23-19-;. The van der Waals surface area contributed by atoms with Gasteiger partial charge in [-0.2, -0.15) is 0 Å². The summed E-state index contributed by atoms with van der Waals surface area (Å²) in [6, 6.07) is 3.22. The van der Waals surface area contributed by atoms with Gasteiger partial charge in [0.1, 0.15) is 27.0 Å². The Kier molecular flexibility index (Phi) is 10.2. The molecule has 4 heterocycles. The van der Waals surface area contributed by atoms with Crippen LogP contribution in [0.3, 0.4) is 0 Å². The van der Waals surface area contributed by atoms with Crippen LogP contribution in [0.15, 0.2) is 28.4 Å². The third-order valence-electron chi connectivity index (χ3n) is 6.20. The third kappa shape index (κ3) is 6.99. The van der Waals surface area contributed by atoms with E-state index < -0.39 is 52.4 Å². The summed E-state index contributed by atoms with van der Waals surface area (Å²) in [4.78, 5) is 51.6. The maximum Gasteiger partial charge on any atom is 1.00 e. The molecule has 1 aromatic carbocycles. The van der Waals surface area contributed by atoms with Gasteiger partial charge in [0.2, 0.25) is 12.7 Å². The minimum absolute atomic E-state index is 0. The van der Waals surface area contributed by atoms with Crippen LogP contribution in [0.5, 0.6) is 17.2 Å². The fourth-order valence-corrected chi connectivity index (χ4v) is 7.45. The summed E-state index contributed by atoms with van der Waals surface area (Å²) < 4.78 is 51.4. The van der Waals surface area contributed by atoms with E-state index in [-0.39, 0.29) is 73.6 Å². The molecule has 44 heavy (non-hydrogen) atoms. The van der Waals surface area contributed by atoms with Gasteiger partial charge in [-0.05, 0) is 19.4 Å². The van der Waals surface area contributed by atoms with Crippen molar-refractivity contribution in [2.24, 2.45) is 0 Å². The quantitative estimate of drug-likeness (QED) is 0.149. The van der Waals surface area contributed by atoms with Crippen LogP contribution in [-0.4, -0.2) is 80.5 Å². The molecule has 5 rings (SSSR count). The van der Waals surface area contributed by atoms with Gasteiger partial charge in [-0.1, -0.05) is 24.0 Å². The maximum absolute atomic E-state index is 13.4. The number of ether oxygens (including phenoxy) is 3. The smallest absolute Gasteiger partial charge is 0.748 e. The molecule has 2 N–H and O–H groups in total. The minimum atomic E-state index is -4.49. The summed E-state index contributed by atoms with van der Waals surface area (Å²) in [6.45, 7) is 0.178. The van der Waals surface area contributed by atoms with Crippen molar-refractivity contribution >= 4 is 84.3 Å². The Morgan fingerprint density at radius 1 is 1.09 bits per heavy atom. The van der Waals surface area contributed by atoms with Crippen molar-refractivity contribution in [3.8, 4) is 17.2 Å². The molecule has 3 aliphatic rings. The van der Waals surface area contributed by atoms with E-state index in [1.807, 2.05) is 0 Å². The van der Waals surface area contributed by atoms with E-state index in [1.54, 1.807) is 24.0 Å². The molecule has 0 saturated carbocycles. The molecule has 0 unspecified atom stereocenters. The van der Waals surface area contributed by atoms with Crippen molar-refractivity contribution in [2.45, 2.75) is 19.9 Å². The number of amides is 1. The molecule has 3 aliphatic heterocycles. The Bertz CT molecular complexity index is 1920. The zero-order valence-corrected chi connectivity index (χ0v) is 28.2. The molecule has 0 bridgehead atoms. The molecule has 0 spiro atoms. The summed E-state index contributed by atoms with van der Waals surface area (Å²) in [6.07, 6.45) is 1.38. The van der Waals surface area contributed by atoms with E-state index in [2.05, 4.69) is 0 Å². The fourth-order valence-electron chi connectivity index (χ4n) is 4.41. The summed E-state index contributed by atoms with van der Waals surface area (Å²) >= 11 is 6.71. The van der Waals surface area contributed by atoms with Crippen molar-refractivity contribution in [1.29, 1.82) is 0 Å². The Hall–Kier alpha value is -2.91. The van der Waals surface area contributed by atoms with Gasteiger partial charge in [-0.25, -0.2) is 8.42 Å². The van der Waals surface area contributed by atoms with Gasteiger partial charge in [-0.15, -0.1) is 11.3 Å². The number of benzene rings is 1. The molecule has 2 aromatic rings. The molecule has 1 fully saturated rings. The van der Waals surface area contributed by atoms with Gasteiger partial charge in [0, 0.05) is 30.0 Å². The summed E-state index contributed by atoms with van der Waals surface area (Å²) in [5.41, 5.74) is 0.140. The van der Waals surface area contributed by atoms with E-state index >= 15 is 0 Å². The Labute approximate surface area is 284 Å². The number of anilines is 1. The fraction of sp³-hybridized carbons (Fsp3) is 0.292. The van der Waals surface area contributed by atoms with Crippen molar-refractivity contribution < 1.29 is 81.3 Å². The van der Waals surface area contributed by atoms with Crippen molar-refractivity contribution in [3.63, 3.8) is 0 Å². The van der Waals surface area contributed by atoms with E-state index in [1.165, 1.54) is 6.08 Å². The van der Waals surface area contributed by atoms with Crippen LogP contribution in [0.2, 0.25) is 0 Å². The number of hydrogen-bond donors (Lipinski definition) is 2. The molecule has 1 aromatic heterocycles. The molecule has 20 heteroatoms. The second-order valence-electron chi connectivity index (χ2n) is 9.21. The molecule has 0 aliphatic carbocycles. The number of allylic oxidation sites excluding steroid dienone is 1. The van der Waals surface area contributed by atoms with Gasteiger partial charge in [0.15, 0.2) is 17.2 Å². The monoisotopic (exact) mass is 693 g/mol. The van der Waals surface area contributed by atoms with Crippen LogP contribution in [0.1, 0.15) is 13.3 Å². The number of fused-ring (bicyclic) bond motifs is 2. The topological polar surface area (TPSA) is 205 Å². The zero-order valence-electron chi connectivity index (χ0n) is 22.9. The maximum atomic E-state index is 13.4. The first-order valence-corrected chi connectivity index (χ1v) is 15.8. The number of rotatable bonds is 9. The summed E-state index contributed by atoms with van der Waals surface area (Å²) in [5.74, 6) is -2.65. The summed E-state index contributed by atoms with van der Waals surface area (Å²) in [7, 11) is -4.49. The Balaban J connectivity index is 0.00000442. The van der Waals surface area contributed by atoms with Crippen LogP contribution in [0.25, 0.3) is 11.0 Å². The van der Waals surface area contributed by atoms with Crippen molar-refractivity contribution in [3.05, 3.63) is 43.1 Å². The van der Waals surface area contributed by atoms with E-state index in [4.69, 9.17) is 31.5 Å². The second kappa shape index (κ2) is 13.2. The number of carboxylic acid groups (broad SMARTS) is 2. The number of nitrogens with zero attached hydrogens (tertiary/aromatic N) is 3. The molecular weight excluding hydrogens is 674 g/mol. The third-order valence-corrected chi connectivity index (χ3v) is 9.68. The number of carboxylic acids is 2. The SMILES string of the molecule is CC(C=c1s/c(=C2\SC(=S)N(CC(=O)O)C2=O)n(CC(=O)O)c1=O)=C1Oc2cc3c(cc2N1CCCS(=O)(=O)[O-])OCO3.[Na+]. The predicted octanol–water partition coefficient (Wildman–Crippen LogP) is -3.37. The minimum Gasteiger partial charge on any atom is -0.748 e. The largest absolute Gasteiger partial charge is 1.00 e. The summed E-state index contributed by atoms with van der Waals surface area (Å²) in [5, 5.41) is 18.6. The van der Waals surface area contributed by atoms with Gasteiger partial charge < -0.3 is 33.9 Å². The number of thiocarbonyl (C=S) groups is 1. The molecular formula is C24H20N3NaO12S4. The zero-order chi connectivity index (χ0) is 31.2. The number of carbonyl (C=O) groups excluding carboxylic acids is 1. The first-order chi connectivity index (χ1) is 20.2. The molecule has 0 atom stereocenters. The van der Waals surface area contributed by atoms with E-state index in [0.29, 0.717) is 28.5 Å². The molecule has 1 amide bonds. The number of aliphatic carboxylic acids is 2. The van der Waals surface area contributed by atoms with E-state index in [0.717, 1.165) is 32.6 Å². The molecule has 15 nitrogen and oxygen atoms in total. The Morgan fingerprint density at radius 3 is 2.39 bits per heavy atom. The normalized spacial score (nSPS) is 18.4. The van der Waals surface area contributed by atoms with Crippen LogP contribution in [0, 0.1) is 0 Å². The number of thiazole rings is 1. The van der Waals surface area contributed by atoms with Crippen LogP contribution in [0.4, 0.5) is 5.69 Å². The number of carbonyl (C=O) groups is 3. The predicted molar refractivity (Wildman–Crippen MR) is 155 cm³/mol. The first kappa shape index (κ1) is 34.0. The van der Waals surface area contributed by atoms with Crippen LogP contribution >= 0.6 is 35.3 Å². The van der Waals surface area contributed by atoms with Crippen molar-refractivity contribution in [1.82, 2.24) is 9.47 Å². The molecule has 228 valence electrons.